The molecule has 1 atom stereocenters. The third-order valence-corrected chi connectivity index (χ3v) is 9.12. The minimum atomic E-state index is -4.21. The van der Waals surface area contributed by atoms with Gasteiger partial charge in [-0.2, -0.15) is 0 Å². The lowest BCUT2D eigenvalue weighted by Gasteiger charge is -2.34. The van der Waals surface area contributed by atoms with Crippen LogP contribution in [-0.2, 0) is 32.6 Å². The summed E-state index contributed by atoms with van der Waals surface area (Å²) in [6.45, 7) is 3.90. The molecule has 2 amide bonds. The minimum Gasteiger partial charge on any atom is -0.494 e. The van der Waals surface area contributed by atoms with Crippen LogP contribution in [-0.4, -0.2) is 50.9 Å². The highest BCUT2D eigenvalue weighted by Gasteiger charge is 2.34. The number of carbonyl (C=O) groups is 2. The van der Waals surface area contributed by atoms with Gasteiger partial charge in [0.2, 0.25) is 11.8 Å². The Bertz CT molecular complexity index is 1630. The van der Waals surface area contributed by atoms with E-state index >= 15 is 0 Å². The molecule has 0 aromatic heterocycles. The topological polar surface area (TPSA) is 96.0 Å². The summed E-state index contributed by atoms with van der Waals surface area (Å²) in [4.78, 5) is 29.3. The fourth-order valence-electron chi connectivity index (χ4n) is 4.78. The van der Waals surface area contributed by atoms with Crippen molar-refractivity contribution in [3.63, 3.8) is 0 Å². The van der Waals surface area contributed by atoms with Gasteiger partial charge >= 0.3 is 0 Å². The molecule has 4 rings (SSSR count). The van der Waals surface area contributed by atoms with Gasteiger partial charge in [-0.25, -0.2) is 8.42 Å². The van der Waals surface area contributed by atoms with E-state index in [1.54, 1.807) is 73.7 Å². The molecule has 0 aliphatic rings. The normalized spacial score (nSPS) is 11.8. The number of benzene rings is 4. The average Bonchev–Trinajstić information content (AvgIpc) is 3.03. The highest BCUT2D eigenvalue weighted by molar-refractivity contribution is 7.92. The molecule has 0 heterocycles. The van der Waals surface area contributed by atoms with Crippen LogP contribution in [0.1, 0.15) is 25.0 Å². The summed E-state index contributed by atoms with van der Waals surface area (Å²) in [6, 6.07) is 30.0. The Morgan fingerprint density at radius 2 is 1.45 bits per heavy atom. The first-order valence-corrected chi connectivity index (χ1v) is 16.2. The Morgan fingerprint density at radius 1 is 0.841 bits per heavy atom. The number of hydrogen-bond donors (Lipinski definition) is 1. The molecule has 4 aromatic rings. The molecule has 0 aliphatic heterocycles. The molecule has 8 nitrogen and oxygen atoms in total. The zero-order valence-corrected chi connectivity index (χ0v) is 26.3. The van der Waals surface area contributed by atoms with Crippen LogP contribution in [0.3, 0.4) is 0 Å². The fourth-order valence-corrected chi connectivity index (χ4v) is 6.39. The molecule has 44 heavy (non-hydrogen) atoms. The standard InChI is InChI=1S/C34H36ClN3O5S/c1-3-36-34(40)32(23-26-13-7-5-8-14-26)37(24-27-15-11-12-18-31(27)35)33(39)25-38(28-16-9-6-10-17-28)44(41,42)30-21-19-29(20-22-30)43-4-2/h5-22,32H,3-4,23-25H2,1-2H3,(H,36,40). The third kappa shape index (κ3) is 8.18. The Morgan fingerprint density at radius 3 is 2.07 bits per heavy atom. The van der Waals surface area contributed by atoms with Crippen molar-refractivity contribution in [1.29, 1.82) is 0 Å². The molecule has 0 radical (unpaired) electrons. The summed E-state index contributed by atoms with van der Waals surface area (Å²) >= 11 is 6.51. The van der Waals surface area contributed by atoms with E-state index in [9.17, 15) is 18.0 Å². The van der Waals surface area contributed by atoms with Crippen molar-refractivity contribution in [2.24, 2.45) is 0 Å². The Labute approximate surface area is 264 Å². The number of likely N-dealkylation sites (N-methyl/N-ethyl adjacent to an activating group) is 1. The van der Waals surface area contributed by atoms with Crippen molar-refractivity contribution < 1.29 is 22.7 Å². The maximum atomic E-state index is 14.4. The summed E-state index contributed by atoms with van der Waals surface area (Å²) in [7, 11) is -4.21. The maximum Gasteiger partial charge on any atom is 0.264 e. The molecule has 230 valence electrons. The van der Waals surface area contributed by atoms with Crippen LogP contribution in [0.15, 0.2) is 114 Å². The number of nitrogens with one attached hydrogen (secondary N) is 1. The summed E-state index contributed by atoms with van der Waals surface area (Å²) < 4.78 is 34.7. The zero-order chi connectivity index (χ0) is 31.5. The van der Waals surface area contributed by atoms with E-state index in [1.807, 2.05) is 37.3 Å². The fraction of sp³-hybridized carbons (Fsp3) is 0.235. The number of hydrogen-bond acceptors (Lipinski definition) is 5. The number of anilines is 1. The van der Waals surface area contributed by atoms with Crippen LogP contribution in [0, 0.1) is 0 Å². The van der Waals surface area contributed by atoms with E-state index in [2.05, 4.69) is 5.32 Å². The molecule has 0 spiro atoms. The SMILES string of the molecule is CCNC(=O)C(Cc1ccccc1)N(Cc1ccccc1Cl)C(=O)CN(c1ccccc1)S(=O)(=O)c1ccc(OCC)cc1. The van der Waals surface area contributed by atoms with Gasteiger partial charge in [-0.15, -0.1) is 0 Å². The van der Waals surface area contributed by atoms with Crippen LogP contribution in [0.25, 0.3) is 0 Å². The lowest BCUT2D eigenvalue weighted by molar-refractivity contribution is -0.140. The van der Waals surface area contributed by atoms with Crippen molar-refractivity contribution in [2.75, 3.05) is 24.0 Å². The van der Waals surface area contributed by atoms with Crippen molar-refractivity contribution >= 4 is 39.1 Å². The molecule has 0 saturated heterocycles. The smallest absolute Gasteiger partial charge is 0.264 e. The number of rotatable bonds is 14. The van der Waals surface area contributed by atoms with E-state index < -0.39 is 28.5 Å². The number of halogens is 1. The lowest BCUT2D eigenvalue weighted by Crippen LogP contribution is -2.53. The van der Waals surface area contributed by atoms with Crippen molar-refractivity contribution in [2.45, 2.75) is 37.8 Å². The lowest BCUT2D eigenvalue weighted by atomic mass is 10.0. The van der Waals surface area contributed by atoms with Gasteiger partial charge < -0.3 is 15.0 Å². The van der Waals surface area contributed by atoms with E-state index in [-0.39, 0.29) is 23.8 Å². The van der Waals surface area contributed by atoms with E-state index in [0.29, 0.717) is 35.2 Å². The Balaban J connectivity index is 1.77. The molecular weight excluding hydrogens is 598 g/mol. The number of sulfonamides is 1. The first-order valence-electron chi connectivity index (χ1n) is 14.4. The van der Waals surface area contributed by atoms with Gasteiger partial charge in [0.05, 0.1) is 17.2 Å². The highest BCUT2D eigenvalue weighted by atomic mass is 35.5. The van der Waals surface area contributed by atoms with Gasteiger partial charge in [0, 0.05) is 24.5 Å². The van der Waals surface area contributed by atoms with Crippen LogP contribution < -0.4 is 14.4 Å². The molecule has 0 bridgehead atoms. The minimum absolute atomic E-state index is 0.000165. The summed E-state index contributed by atoms with van der Waals surface area (Å²) in [6.07, 6.45) is 0.222. The second-order valence-corrected chi connectivity index (χ2v) is 12.2. The largest absolute Gasteiger partial charge is 0.494 e. The van der Waals surface area contributed by atoms with Gasteiger partial charge in [0.1, 0.15) is 18.3 Å². The quantitative estimate of drug-likeness (QED) is 0.192. The number of ether oxygens (including phenoxy) is 1. The van der Waals surface area contributed by atoms with Gasteiger partial charge in [-0.1, -0.05) is 78.3 Å². The third-order valence-electron chi connectivity index (χ3n) is 6.97. The zero-order valence-electron chi connectivity index (χ0n) is 24.7. The Kier molecular flexibility index (Phi) is 11.4. The second-order valence-electron chi connectivity index (χ2n) is 9.96. The Hall–Kier alpha value is -4.34. The summed E-state index contributed by atoms with van der Waals surface area (Å²) in [5, 5.41) is 3.28. The maximum absolute atomic E-state index is 14.4. The molecule has 1 unspecified atom stereocenters. The van der Waals surface area contributed by atoms with E-state index in [0.717, 1.165) is 9.87 Å². The average molecular weight is 634 g/mol. The summed E-state index contributed by atoms with van der Waals surface area (Å²) in [5.41, 5.74) is 1.79. The number of amides is 2. The first kappa shape index (κ1) is 32.6. The van der Waals surface area contributed by atoms with Gasteiger partial charge in [0.15, 0.2) is 0 Å². The first-order chi connectivity index (χ1) is 21.2. The van der Waals surface area contributed by atoms with Crippen molar-refractivity contribution in [1.82, 2.24) is 10.2 Å². The van der Waals surface area contributed by atoms with Crippen molar-refractivity contribution in [3.05, 3.63) is 125 Å². The molecule has 0 fully saturated rings. The molecular formula is C34H36ClN3O5S. The van der Waals surface area contributed by atoms with E-state index in [4.69, 9.17) is 16.3 Å². The summed E-state index contributed by atoms with van der Waals surface area (Å²) in [5.74, 6) is -0.377. The number of nitrogens with zero attached hydrogens (tertiary/aromatic N) is 2. The second kappa shape index (κ2) is 15.4. The van der Waals surface area contributed by atoms with Crippen LogP contribution >= 0.6 is 11.6 Å². The van der Waals surface area contributed by atoms with Gasteiger partial charge in [-0.05, 0) is 67.4 Å². The molecule has 4 aromatic carbocycles. The molecule has 10 heteroatoms. The predicted molar refractivity (Wildman–Crippen MR) is 173 cm³/mol. The van der Waals surface area contributed by atoms with Gasteiger partial charge in [-0.3, -0.25) is 13.9 Å². The van der Waals surface area contributed by atoms with Crippen LogP contribution in [0.2, 0.25) is 5.02 Å². The highest BCUT2D eigenvalue weighted by Crippen LogP contribution is 2.27. The predicted octanol–water partition coefficient (Wildman–Crippen LogP) is 5.71. The van der Waals surface area contributed by atoms with Crippen LogP contribution in [0.5, 0.6) is 5.75 Å². The number of carbonyl (C=O) groups excluding carboxylic acids is 2. The number of para-hydroxylation sites is 1. The van der Waals surface area contributed by atoms with Crippen molar-refractivity contribution in [3.8, 4) is 5.75 Å². The van der Waals surface area contributed by atoms with Crippen LogP contribution in [0.4, 0.5) is 5.69 Å². The molecule has 0 saturated carbocycles. The van der Waals surface area contributed by atoms with Gasteiger partial charge in [0.25, 0.3) is 10.0 Å². The van der Waals surface area contributed by atoms with E-state index in [1.165, 1.54) is 17.0 Å². The molecule has 0 aliphatic carbocycles. The molecule has 1 N–H and O–H groups in total. The monoisotopic (exact) mass is 633 g/mol.